The van der Waals surface area contributed by atoms with Crippen LogP contribution in [0.4, 0.5) is 0 Å². The molecule has 0 saturated carbocycles. The third-order valence-electron chi connectivity index (χ3n) is 3.75. The molecule has 2 N–H and O–H groups in total. The van der Waals surface area contributed by atoms with E-state index in [4.69, 9.17) is 5.73 Å². The minimum atomic E-state index is 0.866. The molecule has 1 atom stereocenters. The summed E-state index contributed by atoms with van der Waals surface area (Å²) in [5.41, 5.74) is 5.48. The summed E-state index contributed by atoms with van der Waals surface area (Å²) < 4.78 is 0. The second-order valence-corrected chi connectivity index (χ2v) is 5.30. The molecule has 2 heteroatoms. The molecular weight excluding hydrogens is 196 g/mol. The lowest BCUT2D eigenvalue weighted by Crippen LogP contribution is -2.21. The smallest absolute Gasteiger partial charge is 0.00101 e. The van der Waals surface area contributed by atoms with Gasteiger partial charge < -0.3 is 10.6 Å². The number of nitrogens with zero attached hydrogens (tertiary/aromatic N) is 1. The predicted molar refractivity (Wildman–Crippen MR) is 71.6 cm³/mol. The zero-order valence-corrected chi connectivity index (χ0v) is 11.1. The van der Waals surface area contributed by atoms with Crippen LogP contribution in [0.15, 0.2) is 0 Å². The molecule has 1 aliphatic heterocycles. The van der Waals surface area contributed by atoms with Crippen molar-refractivity contribution in [3.05, 3.63) is 0 Å². The van der Waals surface area contributed by atoms with Crippen molar-refractivity contribution >= 4 is 0 Å². The quantitative estimate of drug-likeness (QED) is 0.612. The van der Waals surface area contributed by atoms with Gasteiger partial charge in [0.25, 0.3) is 0 Å². The fourth-order valence-corrected chi connectivity index (χ4v) is 2.77. The second-order valence-electron chi connectivity index (χ2n) is 5.30. The Morgan fingerprint density at radius 2 is 1.88 bits per heavy atom. The van der Waals surface area contributed by atoms with Crippen molar-refractivity contribution in [2.24, 2.45) is 11.7 Å². The van der Waals surface area contributed by atoms with Gasteiger partial charge in [-0.2, -0.15) is 0 Å². The van der Waals surface area contributed by atoms with Gasteiger partial charge in [0, 0.05) is 6.54 Å². The Kier molecular flexibility index (Phi) is 7.87. The molecule has 1 fully saturated rings. The molecule has 2 nitrogen and oxygen atoms in total. The van der Waals surface area contributed by atoms with Gasteiger partial charge in [-0.25, -0.2) is 0 Å². The molecule has 1 heterocycles. The number of likely N-dealkylation sites (tertiary alicyclic amines) is 1. The number of hydrogen-bond acceptors (Lipinski definition) is 2. The Labute approximate surface area is 102 Å². The molecule has 1 saturated heterocycles. The molecule has 1 unspecified atom stereocenters. The van der Waals surface area contributed by atoms with E-state index in [-0.39, 0.29) is 0 Å². The molecule has 1 aliphatic rings. The third-order valence-corrected chi connectivity index (χ3v) is 3.75. The van der Waals surface area contributed by atoms with E-state index in [0.717, 1.165) is 12.5 Å². The highest BCUT2D eigenvalue weighted by Crippen LogP contribution is 2.21. The Bertz CT molecular complexity index is 159. The van der Waals surface area contributed by atoms with E-state index < -0.39 is 0 Å². The van der Waals surface area contributed by atoms with Crippen LogP contribution in [0.25, 0.3) is 0 Å². The summed E-state index contributed by atoms with van der Waals surface area (Å²) in [4.78, 5) is 2.67. The first kappa shape index (κ1) is 14.0. The molecule has 0 bridgehead atoms. The number of nitrogens with two attached hydrogens (primary N) is 1. The summed E-state index contributed by atoms with van der Waals surface area (Å²) >= 11 is 0. The van der Waals surface area contributed by atoms with Gasteiger partial charge in [-0.15, -0.1) is 0 Å². The Morgan fingerprint density at radius 3 is 2.62 bits per heavy atom. The SMILES string of the molecule is CCCC1CCN(CCCCCCCN)C1. The molecule has 0 aromatic rings. The topological polar surface area (TPSA) is 29.3 Å². The van der Waals surface area contributed by atoms with E-state index in [1.807, 2.05) is 0 Å². The van der Waals surface area contributed by atoms with Gasteiger partial charge in [0.15, 0.2) is 0 Å². The maximum Gasteiger partial charge on any atom is 0.00101 e. The third kappa shape index (κ3) is 5.86. The maximum atomic E-state index is 5.48. The van der Waals surface area contributed by atoms with Crippen molar-refractivity contribution < 1.29 is 0 Å². The number of hydrogen-bond donors (Lipinski definition) is 1. The van der Waals surface area contributed by atoms with Crippen molar-refractivity contribution in [2.75, 3.05) is 26.2 Å². The van der Waals surface area contributed by atoms with Gasteiger partial charge >= 0.3 is 0 Å². The summed E-state index contributed by atoms with van der Waals surface area (Å²) in [6.45, 7) is 7.23. The van der Waals surface area contributed by atoms with Crippen LogP contribution in [0.1, 0.15) is 58.3 Å². The summed E-state index contributed by atoms with van der Waals surface area (Å²) in [5, 5.41) is 0. The molecule has 0 amide bonds. The largest absolute Gasteiger partial charge is 0.330 e. The summed E-state index contributed by atoms with van der Waals surface area (Å²) in [6, 6.07) is 0. The van der Waals surface area contributed by atoms with Crippen LogP contribution in [0.2, 0.25) is 0 Å². The van der Waals surface area contributed by atoms with Gasteiger partial charge in [0.05, 0.1) is 0 Å². The fraction of sp³-hybridized carbons (Fsp3) is 1.00. The average Bonchev–Trinajstić information content (AvgIpc) is 2.72. The molecule has 1 rings (SSSR count). The Morgan fingerprint density at radius 1 is 1.12 bits per heavy atom. The summed E-state index contributed by atoms with van der Waals surface area (Å²) in [7, 11) is 0. The standard InChI is InChI=1S/C14H30N2/c1-2-8-14-9-12-16(13-14)11-7-5-3-4-6-10-15/h14H,2-13,15H2,1H3. The number of rotatable bonds is 9. The minimum Gasteiger partial charge on any atom is -0.330 e. The highest BCUT2D eigenvalue weighted by molar-refractivity contribution is 4.74. The van der Waals surface area contributed by atoms with E-state index in [1.54, 1.807) is 0 Å². The van der Waals surface area contributed by atoms with Crippen LogP contribution in [0.3, 0.4) is 0 Å². The van der Waals surface area contributed by atoms with E-state index in [1.165, 1.54) is 71.0 Å². The predicted octanol–water partition coefficient (Wildman–Crippen LogP) is 3.02. The van der Waals surface area contributed by atoms with Crippen molar-refractivity contribution in [2.45, 2.75) is 58.3 Å². The maximum absolute atomic E-state index is 5.48. The molecule has 0 aliphatic carbocycles. The zero-order chi connectivity index (χ0) is 11.6. The summed E-state index contributed by atoms with van der Waals surface area (Å²) in [6.07, 6.45) is 10.9. The monoisotopic (exact) mass is 226 g/mol. The molecular formula is C14H30N2. The van der Waals surface area contributed by atoms with Crippen LogP contribution < -0.4 is 5.73 Å². The lowest BCUT2D eigenvalue weighted by molar-refractivity contribution is 0.311. The van der Waals surface area contributed by atoms with E-state index >= 15 is 0 Å². The lowest BCUT2D eigenvalue weighted by Gasteiger charge is -2.15. The summed E-state index contributed by atoms with van der Waals surface area (Å²) in [5.74, 6) is 1.00. The van der Waals surface area contributed by atoms with Crippen LogP contribution in [-0.4, -0.2) is 31.1 Å². The normalized spacial score (nSPS) is 21.8. The highest BCUT2D eigenvalue weighted by atomic mass is 15.1. The van der Waals surface area contributed by atoms with Crippen molar-refractivity contribution in [1.82, 2.24) is 4.90 Å². The first-order chi connectivity index (χ1) is 7.86. The minimum absolute atomic E-state index is 0.866. The molecule has 96 valence electrons. The Balaban J connectivity index is 1.90. The van der Waals surface area contributed by atoms with Crippen LogP contribution >= 0.6 is 0 Å². The van der Waals surface area contributed by atoms with Crippen molar-refractivity contribution in [3.63, 3.8) is 0 Å². The lowest BCUT2D eigenvalue weighted by atomic mass is 10.0. The van der Waals surface area contributed by atoms with E-state index in [0.29, 0.717) is 0 Å². The molecule has 0 radical (unpaired) electrons. The highest BCUT2D eigenvalue weighted by Gasteiger charge is 2.20. The average molecular weight is 226 g/mol. The van der Waals surface area contributed by atoms with Crippen LogP contribution in [-0.2, 0) is 0 Å². The second kappa shape index (κ2) is 9.00. The fourth-order valence-electron chi connectivity index (χ4n) is 2.77. The molecule has 16 heavy (non-hydrogen) atoms. The van der Waals surface area contributed by atoms with E-state index in [2.05, 4.69) is 11.8 Å². The van der Waals surface area contributed by atoms with Gasteiger partial charge in [0.1, 0.15) is 0 Å². The van der Waals surface area contributed by atoms with Gasteiger partial charge in [0.2, 0.25) is 0 Å². The van der Waals surface area contributed by atoms with Gasteiger partial charge in [-0.1, -0.05) is 32.6 Å². The molecule has 0 aromatic heterocycles. The molecule has 0 spiro atoms. The van der Waals surface area contributed by atoms with Gasteiger partial charge in [-0.3, -0.25) is 0 Å². The first-order valence-electron chi connectivity index (χ1n) is 7.29. The van der Waals surface area contributed by atoms with Crippen LogP contribution in [0, 0.1) is 5.92 Å². The molecule has 0 aromatic carbocycles. The van der Waals surface area contributed by atoms with Crippen molar-refractivity contribution in [3.8, 4) is 0 Å². The van der Waals surface area contributed by atoms with Crippen LogP contribution in [0.5, 0.6) is 0 Å². The zero-order valence-electron chi connectivity index (χ0n) is 11.1. The Hall–Kier alpha value is -0.0800. The van der Waals surface area contributed by atoms with E-state index in [9.17, 15) is 0 Å². The van der Waals surface area contributed by atoms with Gasteiger partial charge in [-0.05, 0) is 51.2 Å². The first-order valence-corrected chi connectivity index (χ1v) is 7.29. The number of unbranched alkanes of at least 4 members (excludes halogenated alkanes) is 4. The van der Waals surface area contributed by atoms with Crippen molar-refractivity contribution in [1.29, 1.82) is 0 Å².